The molecule has 0 aliphatic rings. The van der Waals surface area contributed by atoms with E-state index in [1.54, 1.807) is 11.3 Å². The molecule has 0 saturated carbocycles. The summed E-state index contributed by atoms with van der Waals surface area (Å²) >= 11 is 1.61. The van der Waals surface area contributed by atoms with Crippen molar-refractivity contribution in [2.45, 2.75) is 45.3 Å². The fraction of sp³-hybridized carbons (Fsp3) is 0.500. The normalized spacial score (nSPS) is 13.1. The summed E-state index contributed by atoms with van der Waals surface area (Å²) < 4.78 is 2.02. The molecule has 2 aromatic rings. The van der Waals surface area contributed by atoms with Crippen molar-refractivity contribution in [3.8, 4) is 0 Å². The highest BCUT2D eigenvalue weighted by molar-refractivity contribution is 7.07. The second-order valence-electron chi connectivity index (χ2n) is 4.53. The zero-order valence-corrected chi connectivity index (χ0v) is 11.7. The van der Waals surface area contributed by atoms with Crippen LogP contribution in [0.2, 0.25) is 0 Å². The van der Waals surface area contributed by atoms with Crippen molar-refractivity contribution in [3.63, 3.8) is 0 Å². The Labute approximate surface area is 112 Å². The summed E-state index contributed by atoms with van der Waals surface area (Å²) in [4.78, 5) is 0. The third kappa shape index (κ3) is 3.00. The van der Waals surface area contributed by atoms with Gasteiger partial charge in [-0.1, -0.05) is 13.8 Å². The van der Waals surface area contributed by atoms with Crippen LogP contribution in [-0.4, -0.2) is 14.9 Å². The smallest absolute Gasteiger partial charge is 0.0854 e. The standard InChI is InChI=1S/C14H20N2OS/c1-3-13(4-2)16-7-5-12(15-16)9-14(17)11-6-8-18-10-11/h5-8,10,13-14,17H,3-4,9H2,1-2H3. The van der Waals surface area contributed by atoms with E-state index in [1.807, 2.05) is 33.8 Å². The van der Waals surface area contributed by atoms with Crippen LogP contribution in [0.25, 0.3) is 0 Å². The van der Waals surface area contributed by atoms with Gasteiger partial charge in [0.1, 0.15) is 0 Å². The molecule has 2 rings (SSSR count). The zero-order chi connectivity index (χ0) is 13.0. The summed E-state index contributed by atoms with van der Waals surface area (Å²) in [5.41, 5.74) is 1.94. The predicted molar refractivity (Wildman–Crippen MR) is 74.8 cm³/mol. The number of hydrogen-bond donors (Lipinski definition) is 1. The van der Waals surface area contributed by atoms with Crippen molar-refractivity contribution < 1.29 is 5.11 Å². The number of thiophene rings is 1. The van der Waals surface area contributed by atoms with Crippen LogP contribution < -0.4 is 0 Å². The summed E-state index contributed by atoms with van der Waals surface area (Å²) in [6, 6.07) is 4.44. The molecular weight excluding hydrogens is 244 g/mol. The summed E-state index contributed by atoms with van der Waals surface area (Å²) in [5.74, 6) is 0. The SMILES string of the molecule is CCC(CC)n1ccc(CC(O)c2ccsc2)n1. The van der Waals surface area contributed by atoms with Gasteiger partial charge in [0.05, 0.1) is 17.8 Å². The van der Waals surface area contributed by atoms with Gasteiger partial charge in [0, 0.05) is 12.6 Å². The highest BCUT2D eigenvalue weighted by atomic mass is 32.1. The number of rotatable bonds is 6. The van der Waals surface area contributed by atoms with Gasteiger partial charge in [0.15, 0.2) is 0 Å². The maximum absolute atomic E-state index is 10.1. The Bertz CT molecular complexity index is 460. The highest BCUT2D eigenvalue weighted by Gasteiger charge is 2.13. The Hall–Kier alpha value is -1.13. The quantitative estimate of drug-likeness (QED) is 0.866. The molecule has 0 spiro atoms. The molecule has 98 valence electrons. The Morgan fingerprint density at radius 2 is 2.11 bits per heavy atom. The lowest BCUT2D eigenvalue weighted by Crippen LogP contribution is -2.08. The first kappa shape index (κ1) is 13.3. The van der Waals surface area contributed by atoms with E-state index < -0.39 is 6.10 Å². The molecule has 0 amide bonds. The molecule has 1 N–H and O–H groups in total. The van der Waals surface area contributed by atoms with E-state index in [4.69, 9.17) is 0 Å². The molecule has 2 heterocycles. The minimum Gasteiger partial charge on any atom is -0.388 e. The average Bonchev–Trinajstić information content (AvgIpc) is 3.01. The average molecular weight is 264 g/mol. The molecule has 1 unspecified atom stereocenters. The van der Waals surface area contributed by atoms with Crippen LogP contribution >= 0.6 is 11.3 Å². The van der Waals surface area contributed by atoms with E-state index in [2.05, 4.69) is 18.9 Å². The zero-order valence-electron chi connectivity index (χ0n) is 10.9. The molecule has 0 bridgehead atoms. The lowest BCUT2D eigenvalue weighted by molar-refractivity contribution is 0.177. The number of aromatic nitrogens is 2. The molecule has 4 heteroatoms. The van der Waals surface area contributed by atoms with E-state index in [0.717, 1.165) is 24.1 Å². The topological polar surface area (TPSA) is 38.0 Å². The Kier molecular flexibility index (Phi) is 4.55. The van der Waals surface area contributed by atoms with Crippen molar-refractivity contribution in [3.05, 3.63) is 40.3 Å². The van der Waals surface area contributed by atoms with E-state index >= 15 is 0 Å². The minimum absolute atomic E-state index is 0.443. The first-order valence-electron chi connectivity index (χ1n) is 6.48. The Morgan fingerprint density at radius 1 is 1.33 bits per heavy atom. The van der Waals surface area contributed by atoms with Crippen molar-refractivity contribution in [2.75, 3.05) is 0 Å². The largest absolute Gasteiger partial charge is 0.388 e. The molecule has 18 heavy (non-hydrogen) atoms. The number of hydrogen-bond acceptors (Lipinski definition) is 3. The van der Waals surface area contributed by atoms with E-state index in [9.17, 15) is 5.11 Å². The van der Waals surface area contributed by atoms with Gasteiger partial charge in [-0.2, -0.15) is 16.4 Å². The van der Waals surface area contributed by atoms with E-state index in [1.165, 1.54) is 0 Å². The summed E-state index contributed by atoms with van der Waals surface area (Å²) in [7, 11) is 0. The van der Waals surface area contributed by atoms with Gasteiger partial charge in [-0.15, -0.1) is 0 Å². The summed E-state index contributed by atoms with van der Waals surface area (Å²) in [6.07, 6.45) is 4.34. The van der Waals surface area contributed by atoms with Crippen molar-refractivity contribution in [1.29, 1.82) is 0 Å². The second kappa shape index (κ2) is 6.16. The highest BCUT2D eigenvalue weighted by Crippen LogP contribution is 2.21. The first-order valence-corrected chi connectivity index (χ1v) is 7.43. The maximum Gasteiger partial charge on any atom is 0.0854 e. The van der Waals surface area contributed by atoms with Crippen LogP contribution in [0.3, 0.4) is 0 Å². The minimum atomic E-state index is -0.443. The molecule has 3 nitrogen and oxygen atoms in total. The lowest BCUT2D eigenvalue weighted by atomic mass is 10.1. The maximum atomic E-state index is 10.1. The Balaban J connectivity index is 2.02. The van der Waals surface area contributed by atoms with E-state index in [0.29, 0.717) is 12.5 Å². The van der Waals surface area contributed by atoms with Gasteiger partial charge in [-0.25, -0.2) is 0 Å². The first-order chi connectivity index (χ1) is 8.74. The number of aliphatic hydroxyl groups is 1. The van der Waals surface area contributed by atoms with Crippen LogP contribution in [0.1, 0.15) is 50.1 Å². The van der Waals surface area contributed by atoms with Crippen LogP contribution in [0.4, 0.5) is 0 Å². The fourth-order valence-corrected chi connectivity index (χ4v) is 2.84. The molecule has 1 atom stereocenters. The molecule has 0 aliphatic carbocycles. The van der Waals surface area contributed by atoms with Crippen molar-refractivity contribution in [2.24, 2.45) is 0 Å². The lowest BCUT2D eigenvalue weighted by Gasteiger charge is -2.12. The Morgan fingerprint density at radius 3 is 2.72 bits per heavy atom. The van der Waals surface area contributed by atoms with Crippen LogP contribution in [-0.2, 0) is 6.42 Å². The summed E-state index contributed by atoms with van der Waals surface area (Å²) in [6.45, 7) is 4.35. The monoisotopic (exact) mass is 264 g/mol. The molecular formula is C14H20N2OS. The second-order valence-corrected chi connectivity index (χ2v) is 5.31. The van der Waals surface area contributed by atoms with Gasteiger partial charge >= 0.3 is 0 Å². The molecule has 0 aromatic carbocycles. The molecule has 0 saturated heterocycles. The van der Waals surface area contributed by atoms with Crippen LogP contribution in [0.15, 0.2) is 29.1 Å². The number of nitrogens with zero attached hydrogens (tertiary/aromatic N) is 2. The molecule has 0 radical (unpaired) electrons. The van der Waals surface area contributed by atoms with Gasteiger partial charge < -0.3 is 5.11 Å². The van der Waals surface area contributed by atoms with Crippen molar-refractivity contribution >= 4 is 11.3 Å². The van der Waals surface area contributed by atoms with E-state index in [-0.39, 0.29) is 0 Å². The van der Waals surface area contributed by atoms with Gasteiger partial charge in [0.25, 0.3) is 0 Å². The van der Waals surface area contributed by atoms with Crippen LogP contribution in [0, 0.1) is 0 Å². The molecule has 0 fully saturated rings. The fourth-order valence-electron chi connectivity index (χ4n) is 2.13. The molecule has 2 aromatic heterocycles. The van der Waals surface area contributed by atoms with Gasteiger partial charge in [-0.05, 0) is 41.3 Å². The molecule has 0 aliphatic heterocycles. The number of aliphatic hydroxyl groups excluding tert-OH is 1. The predicted octanol–water partition coefficient (Wildman–Crippen LogP) is 3.58. The van der Waals surface area contributed by atoms with Gasteiger partial charge in [-0.3, -0.25) is 4.68 Å². The van der Waals surface area contributed by atoms with Gasteiger partial charge in [0.2, 0.25) is 0 Å². The van der Waals surface area contributed by atoms with Crippen molar-refractivity contribution in [1.82, 2.24) is 9.78 Å². The van der Waals surface area contributed by atoms with Crippen LogP contribution in [0.5, 0.6) is 0 Å². The third-order valence-corrected chi connectivity index (χ3v) is 4.01. The summed E-state index contributed by atoms with van der Waals surface area (Å²) in [5, 5.41) is 18.6. The third-order valence-electron chi connectivity index (χ3n) is 3.31.